The first-order valence-electron chi connectivity index (χ1n) is 2.86. The quantitative estimate of drug-likeness (QED) is 0.341. The first-order valence-corrected chi connectivity index (χ1v) is 2.86. The first-order chi connectivity index (χ1) is 4.66. The van der Waals surface area contributed by atoms with E-state index in [1.165, 1.54) is 0 Å². The third-order valence-corrected chi connectivity index (χ3v) is 0.687. The highest BCUT2D eigenvalue weighted by molar-refractivity contribution is 5.82. The Kier molecular flexibility index (Phi) is 4.20. The standard InChI is InChI=1S/C7H9FO2/c1-3-10-7(9)5-4-6(2)8/h4-5H,2-3H2,1H3/b5-4+. The molecule has 0 amide bonds. The Morgan fingerprint density at radius 3 is 2.70 bits per heavy atom. The van der Waals surface area contributed by atoms with Crippen molar-refractivity contribution in [2.75, 3.05) is 6.61 Å². The van der Waals surface area contributed by atoms with Crippen LogP contribution in [0.25, 0.3) is 0 Å². The third kappa shape index (κ3) is 5.03. The third-order valence-electron chi connectivity index (χ3n) is 0.687. The van der Waals surface area contributed by atoms with E-state index in [-0.39, 0.29) is 0 Å². The van der Waals surface area contributed by atoms with Crippen molar-refractivity contribution in [3.8, 4) is 0 Å². The molecule has 0 bridgehead atoms. The number of ether oxygens (including phenoxy) is 1. The zero-order valence-corrected chi connectivity index (χ0v) is 5.76. The van der Waals surface area contributed by atoms with Gasteiger partial charge in [-0.3, -0.25) is 0 Å². The van der Waals surface area contributed by atoms with Gasteiger partial charge >= 0.3 is 5.97 Å². The zero-order valence-electron chi connectivity index (χ0n) is 5.76. The molecule has 10 heavy (non-hydrogen) atoms. The second-order valence-electron chi connectivity index (χ2n) is 1.53. The number of carbonyl (C=O) groups is 1. The smallest absolute Gasteiger partial charge is 0.330 e. The van der Waals surface area contributed by atoms with Crippen LogP contribution in [-0.2, 0) is 9.53 Å². The minimum Gasteiger partial charge on any atom is -0.463 e. The molecule has 0 atom stereocenters. The van der Waals surface area contributed by atoms with E-state index in [9.17, 15) is 9.18 Å². The molecule has 0 unspecified atom stereocenters. The Morgan fingerprint density at radius 2 is 2.30 bits per heavy atom. The second kappa shape index (κ2) is 4.73. The molecular formula is C7H9FO2. The molecule has 56 valence electrons. The predicted molar refractivity (Wildman–Crippen MR) is 36.0 cm³/mol. The topological polar surface area (TPSA) is 26.3 Å². The monoisotopic (exact) mass is 144 g/mol. The van der Waals surface area contributed by atoms with Crippen LogP contribution in [0.3, 0.4) is 0 Å². The summed E-state index contributed by atoms with van der Waals surface area (Å²) in [4.78, 5) is 10.4. The molecule has 0 saturated carbocycles. The Hall–Kier alpha value is -1.12. The molecule has 0 aliphatic carbocycles. The molecule has 0 aromatic rings. The summed E-state index contributed by atoms with van der Waals surface area (Å²) >= 11 is 0. The van der Waals surface area contributed by atoms with Gasteiger partial charge in [0.25, 0.3) is 0 Å². The maximum Gasteiger partial charge on any atom is 0.330 e. The molecule has 0 heterocycles. The molecule has 0 aliphatic heterocycles. The fraction of sp³-hybridized carbons (Fsp3) is 0.286. The van der Waals surface area contributed by atoms with Gasteiger partial charge in [0.15, 0.2) is 0 Å². The number of rotatable bonds is 3. The second-order valence-corrected chi connectivity index (χ2v) is 1.53. The van der Waals surface area contributed by atoms with Crippen LogP contribution < -0.4 is 0 Å². The van der Waals surface area contributed by atoms with Gasteiger partial charge in [-0.15, -0.1) is 0 Å². The number of esters is 1. The van der Waals surface area contributed by atoms with Gasteiger partial charge in [-0.05, 0) is 13.0 Å². The van der Waals surface area contributed by atoms with Crippen molar-refractivity contribution in [1.29, 1.82) is 0 Å². The summed E-state index contributed by atoms with van der Waals surface area (Å²) in [6, 6.07) is 0. The summed E-state index contributed by atoms with van der Waals surface area (Å²) in [5, 5.41) is 0. The zero-order chi connectivity index (χ0) is 7.98. The van der Waals surface area contributed by atoms with Crippen LogP contribution >= 0.6 is 0 Å². The molecule has 0 rings (SSSR count). The van der Waals surface area contributed by atoms with Gasteiger partial charge in [-0.1, -0.05) is 6.58 Å². The lowest BCUT2D eigenvalue weighted by molar-refractivity contribution is -0.137. The molecule has 0 aromatic carbocycles. The van der Waals surface area contributed by atoms with Crippen LogP contribution in [0.4, 0.5) is 4.39 Å². The summed E-state index contributed by atoms with van der Waals surface area (Å²) in [6.07, 6.45) is 1.95. The molecule has 0 radical (unpaired) electrons. The van der Waals surface area contributed by atoms with Gasteiger partial charge in [-0.25, -0.2) is 9.18 Å². The lowest BCUT2D eigenvalue weighted by Crippen LogP contribution is -1.98. The largest absolute Gasteiger partial charge is 0.463 e. The van der Waals surface area contributed by atoms with Crippen LogP contribution in [0.5, 0.6) is 0 Å². The summed E-state index contributed by atoms with van der Waals surface area (Å²) in [7, 11) is 0. The molecule has 0 spiro atoms. The van der Waals surface area contributed by atoms with E-state index in [1.807, 2.05) is 0 Å². The Balaban J connectivity index is 3.67. The van der Waals surface area contributed by atoms with Crippen molar-refractivity contribution in [1.82, 2.24) is 0 Å². The highest BCUT2D eigenvalue weighted by atomic mass is 19.1. The number of allylic oxidation sites excluding steroid dienone is 2. The van der Waals surface area contributed by atoms with Crippen LogP contribution in [0.15, 0.2) is 24.6 Å². The first kappa shape index (κ1) is 8.88. The Bertz CT molecular complexity index is 161. The van der Waals surface area contributed by atoms with Crippen molar-refractivity contribution in [2.24, 2.45) is 0 Å². The van der Waals surface area contributed by atoms with E-state index >= 15 is 0 Å². The van der Waals surface area contributed by atoms with Gasteiger partial charge in [-0.2, -0.15) is 0 Å². The van der Waals surface area contributed by atoms with Crippen molar-refractivity contribution >= 4 is 5.97 Å². The molecule has 0 aliphatic rings. The summed E-state index contributed by atoms with van der Waals surface area (Å²) in [6.45, 7) is 4.90. The average molecular weight is 144 g/mol. The van der Waals surface area contributed by atoms with Crippen LogP contribution in [-0.4, -0.2) is 12.6 Å². The molecule has 2 nitrogen and oxygen atoms in total. The Labute approximate surface area is 59.0 Å². The lowest BCUT2D eigenvalue weighted by Gasteiger charge is -1.92. The number of carbonyl (C=O) groups excluding carboxylic acids is 1. The molecule has 0 fully saturated rings. The number of hydrogen-bond acceptors (Lipinski definition) is 2. The van der Waals surface area contributed by atoms with Crippen LogP contribution in [0, 0.1) is 0 Å². The molecular weight excluding hydrogens is 135 g/mol. The molecule has 0 aromatic heterocycles. The normalized spacial score (nSPS) is 9.80. The highest BCUT2D eigenvalue weighted by Crippen LogP contribution is 1.92. The van der Waals surface area contributed by atoms with Crippen molar-refractivity contribution < 1.29 is 13.9 Å². The van der Waals surface area contributed by atoms with Crippen LogP contribution in [0.2, 0.25) is 0 Å². The fourth-order valence-corrected chi connectivity index (χ4v) is 0.349. The van der Waals surface area contributed by atoms with E-state index in [4.69, 9.17) is 0 Å². The average Bonchev–Trinajstić information content (AvgIpc) is 1.85. The van der Waals surface area contributed by atoms with Crippen molar-refractivity contribution in [3.63, 3.8) is 0 Å². The van der Waals surface area contributed by atoms with Gasteiger partial charge in [0.1, 0.15) is 5.83 Å². The number of halogens is 1. The maximum atomic E-state index is 11.8. The highest BCUT2D eigenvalue weighted by Gasteiger charge is 1.91. The minimum absolute atomic E-state index is 0.294. The van der Waals surface area contributed by atoms with Gasteiger partial charge < -0.3 is 4.74 Å². The van der Waals surface area contributed by atoms with Gasteiger partial charge in [0.2, 0.25) is 0 Å². The number of hydrogen-bond donors (Lipinski definition) is 0. The fourth-order valence-electron chi connectivity index (χ4n) is 0.349. The maximum absolute atomic E-state index is 11.8. The summed E-state index contributed by atoms with van der Waals surface area (Å²) in [5.41, 5.74) is 0. The van der Waals surface area contributed by atoms with E-state index in [0.29, 0.717) is 6.61 Å². The molecule has 0 saturated heterocycles. The van der Waals surface area contributed by atoms with Crippen LogP contribution in [0.1, 0.15) is 6.92 Å². The summed E-state index contributed by atoms with van der Waals surface area (Å²) < 4.78 is 16.3. The van der Waals surface area contributed by atoms with E-state index < -0.39 is 11.8 Å². The molecule has 3 heteroatoms. The van der Waals surface area contributed by atoms with Crippen molar-refractivity contribution in [3.05, 3.63) is 24.6 Å². The van der Waals surface area contributed by atoms with Gasteiger partial charge in [0, 0.05) is 6.08 Å². The minimum atomic E-state index is -0.659. The molecule has 0 N–H and O–H groups in total. The van der Waals surface area contributed by atoms with E-state index in [1.54, 1.807) is 6.92 Å². The summed E-state index contributed by atoms with van der Waals surface area (Å²) in [5.74, 6) is -1.21. The van der Waals surface area contributed by atoms with E-state index in [2.05, 4.69) is 11.3 Å². The Morgan fingerprint density at radius 1 is 1.70 bits per heavy atom. The predicted octanol–water partition coefficient (Wildman–Crippen LogP) is 1.59. The van der Waals surface area contributed by atoms with Gasteiger partial charge in [0.05, 0.1) is 6.61 Å². The lowest BCUT2D eigenvalue weighted by atomic mass is 10.5. The van der Waals surface area contributed by atoms with E-state index in [0.717, 1.165) is 12.2 Å². The SMILES string of the molecule is C=C(F)/C=C/C(=O)OCC. The van der Waals surface area contributed by atoms with Crippen molar-refractivity contribution in [2.45, 2.75) is 6.92 Å².